The molecule has 3 aromatic rings. The zero-order valence-corrected chi connectivity index (χ0v) is 11.7. The fraction of sp³-hybridized carbons (Fsp3) is 0.188. The Labute approximate surface area is 116 Å². The van der Waals surface area contributed by atoms with E-state index in [-0.39, 0.29) is 0 Å². The number of nitrogens with zero attached hydrogens (tertiary/aromatic N) is 1. The number of aryl methyl sites for hydroxylation is 3. The van der Waals surface area contributed by atoms with Crippen molar-refractivity contribution in [3.05, 3.63) is 58.6 Å². The second-order valence-corrected chi connectivity index (χ2v) is 5.94. The molecular formula is C16H16N2S. The van der Waals surface area contributed by atoms with Crippen LogP contribution in [0.15, 0.2) is 42.5 Å². The minimum Gasteiger partial charge on any atom is -0.399 e. The maximum atomic E-state index is 5.69. The Hall–Kier alpha value is -1.87. The van der Waals surface area contributed by atoms with Gasteiger partial charge in [0, 0.05) is 12.1 Å². The van der Waals surface area contributed by atoms with Crippen molar-refractivity contribution < 1.29 is 0 Å². The van der Waals surface area contributed by atoms with Gasteiger partial charge in [-0.1, -0.05) is 18.2 Å². The summed E-state index contributed by atoms with van der Waals surface area (Å²) in [5, 5.41) is 1.21. The van der Waals surface area contributed by atoms with Crippen molar-refractivity contribution in [3.8, 4) is 0 Å². The van der Waals surface area contributed by atoms with Crippen molar-refractivity contribution in [1.29, 1.82) is 0 Å². The first-order valence-electron chi connectivity index (χ1n) is 6.41. The predicted octanol–water partition coefficient (Wildman–Crippen LogP) is 3.97. The van der Waals surface area contributed by atoms with Crippen LogP contribution in [-0.2, 0) is 12.8 Å². The van der Waals surface area contributed by atoms with Crippen molar-refractivity contribution in [2.24, 2.45) is 0 Å². The van der Waals surface area contributed by atoms with Gasteiger partial charge in [-0.3, -0.25) is 0 Å². The van der Waals surface area contributed by atoms with Crippen LogP contribution in [0, 0.1) is 6.92 Å². The molecule has 0 saturated heterocycles. The summed E-state index contributed by atoms with van der Waals surface area (Å²) in [5.74, 6) is 0. The van der Waals surface area contributed by atoms with Gasteiger partial charge in [-0.05, 0) is 48.7 Å². The SMILES string of the molecule is Cc1ccc2nc(CCc3ccc(N)cc3)sc2c1. The molecule has 1 aromatic heterocycles. The number of thiazole rings is 1. The zero-order chi connectivity index (χ0) is 13.2. The molecule has 0 amide bonds. The monoisotopic (exact) mass is 268 g/mol. The van der Waals surface area contributed by atoms with E-state index in [4.69, 9.17) is 5.73 Å². The van der Waals surface area contributed by atoms with Gasteiger partial charge in [0.2, 0.25) is 0 Å². The van der Waals surface area contributed by atoms with Crippen molar-refractivity contribution >= 4 is 27.2 Å². The van der Waals surface area contributed by atoms with Crippen LogP contribution in [0.4, 0.5) is 5.69 Å². The lowest BCUT2D eigenvalue weighted by Gasteiger charge is -1.99. The van der Waals surface area contributed by atoms with E-state index in [1.54, 1.807) is 11.3 Å². The first-order valence-corrected chi connectivity index (χ1v) is 7.23. The maximum absolute atomic E-state index is 5.69. The van der Waals surface area contributed by atoms with E-state index in [9.17, 15) is 0 Å². The van der Waals surface area contributed by atoms with E-state index in [1.165, 1.54) is 20.8 Å². The van der Waals surface area contributed by atoms with Gasteiger partial charge in [-0.25, -0.2) is 4.98 Å². The summed E-state index contributed by atoms with van der Waals surface area (Å²) >= 11 is 1.80. The first-order chi connectivity index (χ1) is 9.20. The summed E-state index contributed by atoms with van der Waals surface area (Å²) < 4.78 is 1.28. The Morgan fingerprint density at radius 3 is 2.63 bits per heavy atom. The molecule has 0 aliphatic rings. The van der Waals surface area contributed by atoms with Crippen LogP contribution in [0.3, 0.4) is 0 Å². The molecule has 2 aromatic carbocycles. The molecule has 0 unspecified atom stereocenters. The molecule has 0 aliphatic carbocycles. The van der Waals surface area contributed by atoms with Gasteiger partial charge in [0.05, 0.1) is 15.2 Å². The molecule has 0 bridgehead atoms. The summed E-state index contributed by atoms with van der Waals surface area (Å²) in [5.41, 5.74) is 10.2. The molecule has 0 aliphatic heterocycles. The van der Waals surface area contributed by atoms with Gasteiger partial charge >= 0.3 is 0 Å². The fourth-order valence-corrected chi connectivity index (χ4v) is 3.19. The highest BCUT2D eigenvalue weighted by Gasteiger charge is 2.04. The number of nitrogens with two attached hydrogens (primary N) is 1. The van der Waals surface area contributed by atoms with E-state index in [0.717, 1.165) is 24.0 Å². The molecular weight excluding hydrogens is 252 g/mol. The lowest BCUT2D eigenvalue weighted by atomic mass is 10.1. The molecule has 96 valence electrons. The summed E-state index contributed by atoms with van der Waals surface area (Å²) in [6, 6.07) is 14.5. The highest BCUT2D eigenvalue weighted by molar-refractivity contribution is 7.18. The largest absolute Gasteiger partial charge is 0.399 e. The van der Waals surface area contributed by atoms with Crippen molar-refractivity contribution in [2.45, 2.75) is 19.8 Å². The Bertz CT molecular complexity index is 698. The summed E-state index contributed by atoms with van der Waals surface area (Å²) in [4.78, 5) is 4.68. The van der Waals surface area contributed by atoms with Crippen LogP contribution >= 0.6 is 11.3 Å². The number of fused-ring (bicyclic) bond motifs is 1. The molecule has 2 N–H and O–H groups in total. The quantitative estimate of drug-likeness (QED) is 0.730. The normalized spacial score (nSPS) is 11.0. The summed E-state index contributed by atoms with van der Waals surface area (Å²) in [6.45, 7) is 2.12. The van der Waals surface area contributed by atoms with Gasteiger partial charge in [-0.2, -0.15) is 0 Å². The van der Waals surface area contributed by atoms with Crippen LogP contribution in [0.25, 0.3) is 10.2 Å². The second kappa shape index (κ2) is 5.02. The lowest BCUT2D eigenvalue weighted by Crippen LogP contribution is -1.91. The Balaban J connectivity index is 1.76. The van der Waals surface area contributed by atoms with E-state index >= 15 is 0 Å². The molecule has 0 atom stereocenters. The molecule has 0 fully saturated rings. The fourth-order valence-electron chi connectivity index (χ4n) is 2.12. The molecule has 0 spiro atoms. The molecule has 19 heavy (non-hydrogen) atoms. The molecule has 0 radical (unpaired) electrons. The molecule has 1 heterocycles. The van der Waals surface area contributed by atoms with E-state index in [2.05, 4.69) is 42.2 Å². The van der Waals surface area contributed by atoms with Gasteiger partial charge < -0.3 is 5.73 Å². The summed E-state index contributed by atoms with van der Waals surface area (Å²) in [6.07, 6.45) is 2.00. The maximum Gasteiger partial charge on any atom is 0.0941 e. The van der Waals surface area contributed by atoms with Crippen molar-refractivity contribution in [2.75, 3.05) is 5.73 Å². The topological polar surface area (TPSA) is 38.9 Å². The first kappa shape index (κ1) is 12.2. The number of benzene rings is 2. The van der Waals surface area contributed by atoms with Crippen LogP contribution in [0.5, 0.6) is 0 Å². The Morgan fingerprint density at radius 2 is 1.84 bits per heavy atom. The number of anilines is 1. The molecule has 0 saturated carbocycles. The van der Waals surface area contributed by atoms with E-state index in [1.807, 2.05) is 12.1 Å². The van der Waals surface area contributed by atoms with Crippen LogP contribution < -0.4 is 5.73 Å². The van der Waals surface area contributed by atoms with Gasteiger partial charge in [0.1, 0.15) is 0 Å². The van der Waals surface area contributed by atoms with E-state index in [0.29, 0.717) is 0 Å². The van der Waals surface area contributed by atoms with Crippen LogP contribution in [-0.4, -0.2) is 4.98 Å². The average molecular weight is 268 g/mol. The van der Waals surface area contributed by atoms with Gasteiger partial charge in [0.15, 0.2) is 0 Å². The number of aromatic nitrogens is 1. The van der Waals surface area contributed by atoms with Crippen LogP contribution in [0.2, 0.25) is 0 Å². The third-order valence-electron chi connectivity index (χ3n) is 3.20. The molecule has 2 nitrogen and oxygen atoms in total. The minimum atomic E-state index is 0.819. The van der Waals surface area contributed by atoms with E-state index < -0.39 is 0 Å². The molecule has 3 heteroatoms. The highest BCUT2D eigenvalue weighted by atomic mass is 32.1. The van der Waals surface area contributed by atoms with Crippen molar-refractivity contribution in [1.82, 2.24) is 4.98 Å². The number of hydrogen-bond donors (Lipinski definition) is 1. The van der Waals surface area contributed by atoms with Gasteiger partial charge in [0.25, 0.3) is 0 Å². The number of nitrogen functional groups attached to an aromatic ring is 1. The molecule has 3 rings (SSSR count). The third-order valence-corrected chi connectivity index (χ3v) is 4.27. The zero-order valence-electron chi connectivity index (χ0n) is 10.9. The Morgan fingerprint density at radius 1 is 1.05 bits per heavy atom. The lowest BCUT2D eigenvalue weighted by molar-refractivity contribution is 0.949. The average Bonchev–Trinajstić information content (AvgIpc) is 2.80. The number of hydrogen-bond acceptors (Lipinski definition) is 3. The minimum absolute atomic E-state index is 0.819. The highest BCUT2D eigenvalue weighted by Crippen LogP contribution is 2.24. The Kier molecular flexibility index (Phi) is 3.22. The van der Waals surface area contributed by atoms with Gasteiger partial charge in [-0.15, -0.1) is 11.3 Å². The van der Waals surface area contributed by atoms with Crippen molar-refractivity contribution in [3.63, 3.8) is 0 Å². The predicted molar refractivity (Wildman–Crippen MR) is 82.6 cm³/mol. The van der Waals surface area contributed by atoms with Crippen LogP contribution in [0.1, 0.15) is 16.1 Å². The summed E-state index contributed by atoms with van der Waals surface area (Å²) in [7, 11) is 0. The third kappa shape index (κ3) is 2.76. The second-order valence-electron chi connectivity index (χ2n) is 4.82. The smallest absolute Gasteiger partial charge is 0.0941 e. The standard InChI is InChI=1S/C16H16N2S/c1-11-2-8-14-15(10-11)19-16(18-14)9-5-12-3-6-13(17)7-4-12/h2-4,6-8,10H,5,9,17H2,1H3. The number of rotatable bonds is 3.